The van der Waals surface area contributed by atoms with Gasteiger partial charge >= 0.3 is 7.12 Å². The van der Waals surface area contributed by atoms with Gasteiger partial charge in [0, 0.05) is 0 Å². The van der Waals surface area contributed by atoms with Gasteiger partial charge in [-0.05, 0) is 45.2 Å². The van der Waals surface area contributed by atoms with E-state index in [2.05, 4.69) is 65.0 Å². The summed E-state index contributed by atoms with van der Waals surface area (Å²) in [5, 5.41) is 0. The highest BCUT2D eigenvalue weighted by molar-refractivity contribution is 6.56. The topological polar surface area (TPSA) is 18.5 Å². The summed E-state index contributed by atoms with van der Waals surface area (Å²) in [6.07, 6.45) is 7.37. The summed E-state index contributed by atoms with van der Waals surface area (Å²) in [4.78, 5) is 0. The number of allylic oxidation sites excluding steroid dienone is 3. The van der Waals surface area contributed by atoms with E-state index in [-0.39, 0.29) is 18.3 Å². The van der Waals surface area contributed by atoms with Gasteiger partial charge in [-0.2, -0.15) is 0 Å². The summed E-state index contributed by atoms with van der Waals surface area (Å²) < 4.78 is 12.3. The van der Waals surface area contributed by atoms with Crippen LogP contribution in [0, 0.1) is 0 Å². The minimum atomic E-state index is -0.321. The first kappa shape index (κ1) is 16.1. The van der Waals surface area contributed by atoms with Crippen molar-refractivity contribution in [2.24, 2.45) is 0 Å². The zero-order valence-corrected chi connectivity index (χ0v) is 13.7. The summed E-state index contributed by atoms with van der Waals surface area (Å²) in [5.74, 6) is 0. The molecule has 1 saturated heterocycles. The van der Waals surface area contributed by atoms with E-state index in [1.165, 1.54) is 0 Å². The third-order valence-electron chi connectivity index (χ3n) is 4.20. The van der Waals surface area contributed by atoms with Crippen LogP contribution < -0.4 is 0 Å². The lowest BCUT2D eigenvalue weighted by molar-refractivity contribution is 0.00578. The lowest BCUT2D eigenvalue weighted by Crippen LogP contribution is -2.41. The van der Waals surface area contributed by atoms with E-state index < -0.39 is 0 Å². The van der Waals surface area contributed by atoms with E-state index in [0.717, 1.165) is 17.5 Å². The fourth-order valence-corrected chi connectivity index (χ4v) is 2.17. The number of hydrogen-bond acceptors (Lipinski definition) is 2. The molecule has 0 radical (unpaired) electrons. The Morgan fingerprint density at radius 2 is 1.62 bits per heavy atom. The van der Waals surface area contributed by atoms with Crippen molar-refractivity contribution in [3.05, 3.63) is 53.5 Å². The molecule has 1 aliphatic heterocycles. The smallest absolute Gasteiger partial charge is 0.399 e. The van der Waals surface area contributed by atoms with Gasteiger partial charge in [-0.25, -0.2) is 0 Å². The minimum Gasteiger partial charge on any atom is -0.399 e. The molecular weight excluding hydrogens is 259 g/mol. The molecule has 0 aliphatic carbocycles. The maximum Gasteiger partial charge on any atom is 0.494 e. The second kappa shape index (κ2) is 6.21. The van der Waals surface area contributed by atoms with Crippen LogP contribution >= 0.6 is 0 Å². The normalized spacial score (nSPS) is 21.2. The molecule has 2 rings (SSSR count). The van der Waals surface area contributed by atoms with Crippen molar-refractivity contribution in [1.82, 2.24) is 0 Å². The molecule has 1 fully saturated rings. The molecule has 3 heteroatoms. The molecule has 0 saturated carbocycles. The fourth-order valence-electron chi connectivity index (χ4n) is 2.17. The highest BCUT2D eigenvalue weighted by Crippen LogP contribution is 2.39. The van der Waals surface area contributed by atoms with Gasteiger partial charge in [-0.3, -0.25) is 0 Å². The lowest BCUT2D eigenvalue weighted by Gasteiger charge is -2.32. The van der Waals surface area contributed by atoms with E-state index in [0.29, 0.717) is 0 Å². The molecule has 1 aromatic rings. The molecule has 0 atom stereocenters. The summed E-state index contributed by atoms with van der Waals surface area (Å²) in [7, 11) is -0.321. The van der Waals surface area contributed by atoms with Gasteiger partial charge in [0.1, 0.15) is 0 Å². The van der Waals surface area contributed by atoms with Crippen molar-refractivity contribution in [3.8, 4) is 0 Å². The SMILES string of the molecule is CC/C=C\C(=C/c1ccccc1)B1OC(C)(C)C(C)(C)O1. The Hall–Kier alpha value is -1.32. The second-order valence-electron chi connectivity index (χ2n) is 6.45. The molecular formula is C18H25BO2. The molecule has 2 nitrogen and oxygen atoms in total. The standard InChI is InChI=1S/C18H25BO2/c1-6-7-13-16(14-15-11-9-8-10-12-15)19-20-17(2,3)18(4,5)21-19/h7-14H,6H2,1-5H3/b13-7-,16-14+. The van der Waals surface area contributed by atoms with Crippen molar-refractivity contribution in [2.45, 2.75) is 52.2 Å². The van der Waals surface area contributed by atoms with E-state index >= 15 is 0 Å². The summed E-state index contributed by atoms with van der Waals surface area (Å²) in [6.45, 7) is 10.4. The Labute approximate surface area is 129 Å². The van der Waals surface area contributed by atoms with Crippen LogP contribution in [0.2, 0.25) is 0 Å². The van der Waals surface area contributed by atoms with Crippen LogP contribution in [0.4, 0.5) is 0 Å². The maximum absolute atomic E-state index is 6.15. The molecule has 21 heavy (non-hydrogen) atoms. The van der Waals surface area contributed by atoms with Crippen molar-refractivity contribution in [3.63, 3.8) is 0 Å². The molecule has 0 N–H and O–H groups in total. The Bertz CT molecular complexity index is 513. The number of hydrogen-bond donors (Lipinski definition) is 0. The number of benzene rings is 1. The van der Waals surface area contributed by atoms with Gasteiger partial charge in [0.25, 0.3) is 0 Å². The fraction of sp³-hybridized carbons (Fsp3) is 0.444. The molecule has 1 aliphatic rings. The van der Waals surface area contributed by atoms with Crippen molar-refractivity contribution < 1.29 is 9.31 Å². The van der Waals surface area contributed by atoms with Crippen LogP contribution in [-0.2, 0) is 9.31 Å². The van der Waals surface area contributed by atoms with E-state index in [1.807, 2.05) is 18.2 Å². The molecule has 112 valence electrons. The van der Waals surface area contributed by atoms with Crippen LogP contribution in [0.25, 0.3) is 6.08 Å². The second-order valence-corrected chi connectivity index (χ2v) is 6.45. The van der Waals surface area contributed by atoms with E-state index in [9.17, 15) is 0 Å². The van der Waals surface area contributed by atoms with E-state index in [1.54, 1.807) is 0 Å². The zero-order chi connectivity index (χ0) is 15.5. The van der Waals surface area contributed by atoms with E-state index in [4.69, 9.17) is 9.31 Å². The summed E-state index contributed by atoms with van der Waals surface area (Å²) in [6, 6.07) is 10.3. The Balaban J connectivity index is 2.31. The summed E-state index contributed by atoms with van der Waals surface area (Å²) in [5.41, 5.74) is 1.59. The summed E-state index contributed by atoms with van der Waals surface area (Å²) >= 11 is 0. The van der Waals surface area contributed by atoms with Gasteiger partial charge in [-0.15, -0.1) is 0 Å². The Kier molecular flexibility index (Phi) is 4.75. The van der Waals surface area contributed by atoms with Crippen LogP contribution in [0.3, 0.4) is 0 Å². The predicted molar refractivity (Wildman–Crippen MR) is 89.9 cm³/mol. The zero-order valence-electron chi connectivity index (χ0n) is 13.7. The average Bonchev–Trinajstić information content (AvgIpc) is 2.64. The van der Waals surface area contributed by atoms with Gasteiger partial charge in [0.05, 0.1) is 11.2 Å². The maximum atomic E-state index is 6.15. The quantitative estimate of drug-likeness (QED) is 0.591. The van der Waals surface area contributed by atoms with Crippen LogP contribution in [-0.4, -0.2) is 18.3 Å². The molecule has 0 unspecified atom stereocenters. The molecule has 0 spiro atoms. The predicted octanol–water partition coefficient (Wildman–Crippen LogP) is 4.67. The third kappa shape index (κ3) is 3.66. The molecule has 0 amide bonds. The monoisotopic (exact) mass is 284 g/mol. The first-order chi connectivity index (χ1) is 9.86. The number of rotatable bonds is 4. The third-order valence-corrected chi connectivity index (χ3v) is 4.20. The van der Waals surface area contributed by atoms with Crippen LogP contribution in [0.1, 0.15) is 46.6 Å². The lowest BCUT2D eigenvalue weighted by atomic mass is 9.76. The van der Waals surface area contributed by atoms with Crippen molar-refractivity contribution >= 4 is 13.2 Å². The van der Waals surface area contributed by atoms with Crippen LogP contribution in [0.5, 0.6) is 0 Å². The average molecular weight is 284 g/mol. The minimum absolute atomic E-state index is 0.312. The van der Waals surface area contributed by atoms with Gasteiger partial charge in [0.2, 0.25) is 0 Å². The Morgan fingerprint density at radius 3 is 2.14 bits per heavy atom. The van der Waals surface area contributed by atoms with Gasteiger partial charge in [0.15, 0.2) is 0 Å². The van der Waals surface area contributed by atoms with Crippen molar-refractivity contribution in [1.29, 1.82) is 0 Å². The highest BCUT2D eigenvalue weighted by Gasteiger charge is 2.51. The molecule has 0 aromatic heterocycles. The highest BCUT2D eigenvalue weighted by atomic mass is 16.7. The van der Waals surface area contributed by atoms with Crippen LogP contribution in [0.15, 0.2) is 48.0 Å². The van der Waals surface area contributed by atoms with Crippen molar-refractivity contribution in [2.75, 3.05) is 0 Å². The molecule has 1 heterocycles. The Morgan fingerprint density at radius 1 is 1.05 bits per heavy atom. The largest absolute Gasteiger partial charge is 0.494 e. The first-order valence-corrected chi connectivity index (χ1v) is 7.64. The van der Waals surface area contributed by atoms with Gasteiger partial charge < -0.3 is 9.31 Å². The van der Waals surface area contributed by atoms with Gasteiger partial charge in [-0.1, -0.05) is 55.5 Å². The molecule has 0 bridgehead atoms. The molecule has 1 aromatic carbocycles. The first-order valence-electron chi connectivity index (χ1n) is 7.64.